The fraction of sp³-hybridized carbons (Fsp3) is 0.346. The van der Waals surface area contributed by atoms with Crippen LogP contribution in [0.25, 0.3) is 21.6 Å². The second kappa shape index (κ2) is 9.85. The Labute approximate surface area is 199 Å². The number of hydrogen-bond acceptors (Lipinski definition) is 5. The van der Waals surface area contributed by atoms with Crippen molar-refractivity contribution >= 4 is 28.3 Å². The summed E-state index contributed by atoms with van der Waals surface area (Å²) in [4.78, 5) is 23.7. The molecule has 33 heavy (non-hydrogen) atoms. The first-order chi connectivity index (χ1) is 15.9. The lowest BCUT2D eigenvalue weighted by Crippen LogP contribution is -2.30. The fourth-order valence-corrected chi connectivity index (χ4v) is 4.64. The quantitative estimate of drug-likeness (QED) is 0.349. The molecule has 1 amide bonds. The van der Waals surface area contributed by atoms with Crippen molar-refractivity contribution in [2.24, 2.45) is 0 Å². The molecule has 0 saturated carbocycles. The predicted molar refractivity (Wildman–Crippen MR) is 135 cm³/mol. The largest absolute Gasteiger partial charge is 0.335 e. The Hall–Kier alpha value is -3.03. The smallest absolute Gasteiger partial charge is 0.255 e. The van der Waals surface area contributed by atoms with Gasteiger partial charge in [-0.1, -0.05) is 30.3 Å². The van der Waals surface area contributed by atoms with Gasteiger partial charge in [0.1, 0.15) is 0 Å². The molecule has 6 nitrogen and oxygen atoms in total. The number of carbonyl (C=O) groups is 1. The van der Waals surface area contributed by atoms with E-state index in [0.29, 0.717) is 18.7 Å². The van der Waals surface area contributed by atoms with Gasteiger partial charge in [-0.2, -0.15) is 5.10 Å². The number of pyridine rings is 1. The summed E-state index contributed by atoms with van der Waals surface area (Å²) in [6.45, 7) is 8.26. The molecule has 3 aromatic heterocycles. The number of hydrogen-bond donors (Lipinski definition) is 0. The molecule has 0 aliphatic rings. The SMILES string of the molecule is CCN(Cc1ccc(CN(C)C)cc1)C(=O)c1cc(-c2cccs2)nc2c1cnn2C(C)C. The minimum Gasteiger partial charge on any atom is -0.335 e. The van der Waals surface area contributed by atoms with E-state index < -0.39 is 0 Å². The van der Waals surface area contributed by atoms with E-state index in [2.05, 4.69) is 62.2 Å². The highest BCUT2D eigenvalue weighted by atomic mass is 32.1. The normalized spacial score (nSPS) is 11.6. The van der Waals surface area contributed by atoms with Crippen LogP contribution < -0.4 is 0 Å². The van der Waals surface area contributed by atoms with Crippen molar-refractivity contribution in [3.05, 3.63) is 70.7 Å². The summed E-state index contributed by atoms with van der Waals surface area (Å²) >= 11 is 1.62. The molecule has 0 radical (unpaired) electrons. The van der Waals surface area contributed by atoms with Crippen LogP contribution in [0.4, 0.5) is 0 Å². The third kappa shape index (κ3) is 4.99. The third-order valence-electron chi connectivity index (χ3n) is 5.62. The molecule has 0 N–H and O–H groups in total. The first kappa shape index (κ1) is 23.1. The molecule has 0 aliphatic heterocycles. The lowest BCUT2D eigenvalue weighted by Gasteiger charge is -2.22. The van der Waals surface area contributed by atoms with Crippen molar-refractivity contribution in [3.8, 4) is 10.6 Å². The van der Waals surface area contributed by atoms with Crippen molar-refractivity contribution in [3.63, 3.8) is 0 Å². The Morgan fingerprint density at radius 2 is 1.79 bits per heavy atom. The molecule has 0 saturated heterocycles. The van der Waals surface area contributed by atoms with Gasteiger partial charge in [0.15, 0.2) is 5.65 Å². The van der Waals surface area contributed by atoms with Crippen LogP contribution in [0.5, 0.6) is 0 Å². The van der Waals surface area contributed by atoms with E-state index in [-0.39, 0.29) is 11.9 Å². The molecular formula is C26H31N5OS. The minimum absolute atomic E-state index is 0.00313. The van der Waals surface area contributed by atoms with E-state index >= 15 is 0 Å². The van der Waals surface area contributed by atoms with Crippen molar-refractivity contribution < 1.29 is 4.79 Å². The van der Waals surface area contributed by atoms with Crippen molar-refractivity contribution in [2.75, 3.05) is 20.6 Å². The highest BCUT2D eigenvalue weighted by Gasteiger charge is 2.22. The van der Waals surface area contributed by atoms with Gasteiger partial charge in [0.25, 0.3) is 5.91 Å². The summed E-state index contributed by atoms with van der Waals surface area (Å²) < 4.78 is 1.89. The molecule has 3 heterocycles. The standard InChI is InChI=1S/C26H31N5OS/c1-6-30(17-20-11-9-19(10-12-20)16-29(4)5)26(32)21-14-23(24-8-7-13-33-24)28-25-22(21)15-27-31(25)18(2)3/h7-15,18H,6,16-17H2,1-5H3. The second-order valence-electron chi connectivity index (χ2n) is 8.83. The molecule has 4 rings (SSSR count). The van der Waals surface area contributed by atoms with E-state index in [1.54, 1.807) is 17.5 Å². The van der Waals surface area contributed by atoms with Crippen LogP contribution in [0.15, 0.2) is 54.0 Å². The molecule has 0 atom stereocenters. The Morgan fingerprint density at radius 1 is 1.09 bits per heavy atom. The van der Waals surface area contributed by atoms with Gasteiger partial charge in [0.2, 0.25) is 0 Å². The number of aromatic nitrogens is 3. The Bertz CT molecular complexity index is 1230. The van der Waals surface area contributed by atoms with Crippen LogP contribution in [-0.4, -0.2) is 51.1 Å². The lowest BCUT2D eigenvalue weighted by atomic mass is 10.1. The molecule has 0 unspecified atom stereocenters. The first-order valence-corrected chi connectivity index (χ1v) is 12.2. The number of thiophene rings is 1. The average molecular weight is 462 g/mol. The highest BCUT2D eigenvalue weighted by molar-refractivity contribution is 7.13. The van der Waals surface area contributed by atoms with Crippen molar-refractivity contribution in [1.82, 2.24) is 24.6 Å². The van der Waals surface area contributed by atoms with Gasteiger partial charge in [0, 0.05) is 25.7 Å². The number of benzene rings is 1. The predicted octanol–water partition coefficient (Wildman–Crippen LogP) is 5.46. The zero-order chi connectivity index (χ0) is 23.5. The molecule has 0 spiro atoms. The van der Waals surface area contributed by atoms with E-state index in [1.165, 1.54) is 5.56 Å². The number of amides is 1. The van der Waals surface area contributed by atoms with Crippen LogP contribution in [0.1, 0.15) is 48.3 Å². The topological polar surface area (TPSA) is 54.3 Å². The summed E-state index contributed by atoms with van der Waals surface area (Å²) in [5.41, 5.74) is 4.60. The van der Waals surface area contributed by atoms with Gasteiger partial charge in [-0.25, -0.2) is 9.67 Å². The molecule has 1 aromatic carbocycles. The zero-order valence-electron chi connectivity index (χ0n) is 19.9. The van der Waals surface area contributed by atoms with Crippen LogP contribution in [0.2, 0.25) is 0 Å². The van der Waals surface area contributed by atoms with E-state index in [4.69, 9.17) is 4.98 Å². The summed E-state index contributed by atoms with van der Waals surface area (Å²) in [6, 6.07) is 14.6. The van der Waals surface area contributed by atoms with E-state index in [0.717, 1.165) is 33.7 Å². The van der Waals surface area contributed by atoms with Crippen LogP contribution in [-0.2, 0) is 13.1 Å². The monoisotopic (exact) mass is 461 g/mol. The van der Waals surface area contributed by atoms with Crippen LogP contribution in [0, 0.1) is 0 Å². The fourth-order valence-electron chi connectivity index (χ4n) is 3.96. The summed E-state index contributed by atoms with van der Waals surface area (Å²) in [7, 11) is 4.12. The van der Waals surface area contributed by atoms with E-state index in [1.807, 2.05) is 40.1 Å². The van der Waals surface area contributed by atoms with Gasteiger partial charge in [-0.3, -0.25) is 4.79 Å². The summed E-state index contributed by atoms with van der Waals surface area (Å²) in [6.07, 6.45) is 1.78. The molecule has 172 valence electrons. The number of carbonyl (C=O) groups excluding carboxylic acids is 1. The van der Waals surface area contributed by atoms with Crippen molar-refractivity contribution in [1.29, 1.82) is 0 Å². The average Bonchev–Trinajstić information content (AvgIpc) is 3.47. The van der Waals surface area contributed by atoms with Gasteiger partial charge < -0.3 is 9.80 Å². The third-order valence-corrected chi connectivity index (χ3v) is 6.52. The van der Waals surface area contributed by atoms with Gasteiger partial charge in [0.05, 0.1) is 27.7 Å². The molecule has 0 aliphatic carbocycles. The Balaban J connectivity index is 1.69. The Morgan fingerprint density at radius 3 is 2.36 bits per heavy atom. The first-order valence-electron chi connectivity index (χ1n) is 11.3. The van der Waals surface area contributed by atoms with Crippen LogP contribution >= 0.6 is 11.3 Å². The molecule has 4 aromatic rings. The van der Waals surface area contributed by atoms with Gasteiger partial charge >= 0.3 is 0 Å². The number of rotatable bonds is 8. The maximum absolute atomic E-state index is 13.8. The summed E-state index contributed by atoms with van der Waals surface area (Å²) in [5, 5.41) is 7.37. The van der Waals surface area contributed by atoms with Gasteiger partial charge in [-0.05, 0) is 63.5 Å². The second-order valence-corrected chi connectivity index (χ2v) is 9.77. The number of fused-ring (bicyclic) bond motifs is 1. The maximum Gasteiger partial charge on any atom is 0.255 e. The molecular weight excluding hydrogens is 430 g/mol. The highest BCUT2D eigenvalue weighted by Crippen LogP contribution is 2.30. The number of nitrogens with zero attached hydrogens (tertiary/aromatic N) is 5. The minimum atomic E-state index is 0.00313. The molecule has 0 fully saturated rings. The molecule has 7 heteroatoms. The lowest BCUT2D eigenvalue weighted by molar-refractivity contribution is 0.0754. The van der Waals surface area contributed by atoms with Crippen LogP contribution in [0.3, 0.4) is 0 Å². The maximum atomic E-state index is 13.8. The van der Waals surface area contributed by atoms with E-state index in [9.17, 15) is 4.79 Å². The molecule has 0 bridgehead atoms. The zero-order valence-corrected chi connectivity index (χ0v) is 20.8. The van der Waals surface area contributed by atoms with Gasteiger partial charge in [-0.15, -0.1) is 11.3 Å². The summed E-state index contributed by atoms with van der Waals surface area (Å²) in [5.74, 6) is 0.00313. The Kier molecular flexibility index (Phi) is 6.91. The van der Waals surface area contributed by atoms with Crippen molar-refractivity contribution in [2.45, 2.75) is 39.9 Å².